The Labute approximate surface area is 178 Å². The molecule has 0 saturated carbocycles. The second-order valence-electron chi connectivity index (χ2n) is 8.61. The first kappa shape index (κ1) is 23.9. The number of benzene rings is 1. The molecule has 164 valence electrons. The van der Waals surface area contributed by atoms with E-state index in [-0.39, 0.29) is 0 Å². The highest BCUT2D eigenvalue weighted by atomic mass is 15.3. The van der Waals surface area contributed by atoms with Gasteiger partial charge in [0, 0.05) is 6.54 Å². The minimum Gasteiger partial charge on any atom is -0.313 e. The first-order valence-corrected chi connectivity index (χ1v) is 12.4. The van der Waals surface area contributed by atoms with Crippen molar-refractivity contribution in [3.8, 4) is 0 Å². The molecule has 0 atom stereocenters. The Morgan fingerprint density at radius 1 is 0.724 bits per heavy atom. The molecule has 0 radical (unpaired) electrons. The third kappa shape index (κ3) is 10.8. The quantitative estimate of drug-likeness (QED) is 0.243. The average Bonchev–Trinajstić information content (AvgIpc) is 3.22. The SMILES string of the molecule is CCCCCCCCCCCCCCCCCCNCc1cccc2[nH]nnc12. The van der Waals surface area contributed by atoms with Crippen molar-refractivity contribution in [3.05, 3.63) is 23.8 Å². The Bertz CT molecular complexity index is 622. The Balaban J connectivity index is 1.30. The van der Waals surface area contributed by atoms with Crippen molar-refractivity contribution < 1.29 is 0 Å². The van der Waals surface area contributed by atoms with E-state index < -0.39 is 0 Å². The van der Waals surface area contributed by atoms with Gasteiger partial charge in [0.1, 0.15) is 5.52 Å². The van der Waals surface area contributed by atoms with Crippen LogP contribution in [0.25, 0.3) is 11.0 Å². The Hall–Kier alpha value is -1.42. The molecule has 2 N–H and O–H groups in total. The molecule has 4 heteroatoms. The number of aromatic nitrogens is 3. The predicted molar refractivity (Wildman–Crippen MR) is 125 cm³/mol. The van der Waals surface area contributed by atoms with Crippen LogP contribution in [0.3, 0.4) is 0 Å². The highest BCUT2D eigenvalue weighted by molar-refractivity contribution is 5.77. The van der Waals surface area contributed by atoms with Gasteiger partial charge in [0.15, 0.2) is 0 Å². The van der Waals surface area contributed by atoms with E-state index in [4.69, 9.17) is 0 Å². The van der Waals surface area contributed by atoms with Crippen LogP contribution in [0.2, 0.25) is 0 Å². The van der Waals surface area contributed by atoms with Crippen molar-refractivity contribution >= 4 is 11.0 Å². The zero-order chi connectivity index (χ0) is 20.4. The summed E-state index contributed by atoms with van der Waals surface area (Å²) in [5, 5.41) is 14.5. The van der Waals surface area contributed by atoms with E-state index in [1.165, 1.54) is 108 Å². The molecule has 0 bridgehead atoms. The van der Waals surface area contributed by atoms with Gasteiger partial charge in [-0.1, -0.05) is 121 Å². The van der Waals surface area contributed by atoms with E-state index in [2.05, 4.69) is 39.8 Å². The van der Waals surface area contributed by atoms with Crippen LogP contribution in [0.4, 0.5) is 0 Å². The van der Waals surface area contributed by atoms with Gasteiger partial charge >= 0.3 is 0 Å². The molecular weight excluding hydrogens is 356 g/mol. The largest absolute Gasteiger partial charge is 0.313 e. The van der Waals surface area contributed by atoms with Crippen LogP contribution in [-0.2, 0) is 6.54 Å². The lowest BCUT2D eigenvalue weighted by atomic mass is 10.0. The number of rotatable bonds is 19. The van der Waals surface area contributed by atoms with Gasteiger partial charge in [-0.3, -0.25) is 5.10 Å². The number of nitrogens with one attached hydrogen (secondary N) is 2. The molecule has 1 heterocycles. The van der Waals surface area contributed by atoms with Crippen LogP contribution in [0.1, 0.15) is 115 Å². The number of unbranched alkanes of at least 4 members (excludes halogenated alkanes) is 15. The third-order valence-electron chi connectivity index (χ3n) is 5.96. The van der Waals surface area contributed by atoms with Gasteiger partial charge in [-0.25, -0.2) is 0 Å². The molecule has 0 saturated heterocycles. The number of H-pyrrole nitrogens is 1. The van der Waals surface area contributed by atoms with Gasteiger partial charge < -0.3 is 5.32 Å². The topological polar surface area (TPSA) is 53.6 Å². The Morgan fingerprint density at radius 3 is 1.86 bits per heavy atom. The maximum Gasteiger partial charge on any atom is 0.117 e. The third-order valence-corrected chi connectivity index (χ3v) is 5.96. The second kappa shape index (κ2) is 16.4. The van der Waals surface area contributed by atoms with Crippen molar-refractivity contribution in [1.29, 1.82) is 0 Å². The smallest absolute Gasteiger partial charge is 0.117 e. The van der Waals surface area contributed by atoms with Crippen LogP contribution in [0.5, 0.6) is 0 Å². The maximum atomic E-state index is 4.17. The molecule has 0 spiro atoms. The monoisotopic (exact) mass is 400 g/mol. The summed E-state index contributed by atoms with van der Waals surface area (Å²) in [6, 6.07) is 6.22. The van der Waals surface area contributed by atoms with Crippen LogP contribution in [-0.4, -0.2) is 22.0 Å². The normalized spacial score (nSPS) is 11.5. The lowest BCUT2D eigenvalue weighted by Gasteiger charge is -2.06. The lowest BCUT2D eigenvalue weighted by molar-refractivity contribution is 0.525. The van der Waals surface area contributed by atoms with E-state index >= 15 is 0 Å². The molecule has 0 aliphatic heterocycles. The van der Waals surface area contributed by atoms with Crippen molar-refractivity contribution in [3.63, 3.8) is 0 Å². The van der Waals surface area contributed by atoms with Crippen molar-refractivity contribution in [2.75, 3.05) is 6.54 Å². The second-order valence-corrected chi connectivity index (χ2v) is 8.61. The Morgan fingerprint density at radius 2 is 1.28 bits per heavy atom. The van der Waals surface area contributed by atoms with Gasteiger partial charge in [0.25, 0.3) is 0 Å². The average molecular weight is 401 g/mol. The van der Waals surface area contributed by atoms with Gasteiger partial charge in [-0.05, 0) is 24.6 Å². The first-order valence-electron chi connectivity index (χ1n) is 12.4. The van der Waals surface area contributed by atoms with E-state index in [1.54, 1.807) is 0 Å². The highest BCUT2D eigenvalue weighted by Crippen LogP contribution is 2.14. The minimum absolute atomic E-state index is 0.878. The molecule has 2 rings (SSSR count). The molecule has 0 aliphatic carbocycles. The fourth-order valence-corrected chi connectivity index (χ4v) is 4.09. The predicted octanol–water partition coefficient (Wildman–Crippen LogP) is 7.31. The number of hydrogen-bond acceptors (Lipinski definition) is 3. The summed E-state index contributed by atoms with van der Waals surface area (Å²) in [5.41, 5.74) is 3.24. The summed E-state index contributed by atoms with van der Waals surface area (Å²) in [4.78, 5) is 0. The first-order chi connectivity index (χ1) is 14.4. The molecular formula is C25H44N4. The van der Waals surface area contributed by atoms with E-state index in [0.717, 1.165) is 24.1 Å². The zero-order valence-electron chi connectivity index (χ0n) is 18.9. The van der Waals surface area contributed by atoms with Gasteiger partial charge in [0.05, 0.1) is 5.52 Å². The fourth-order valence-electron chi connectivity index (χ4n) is 4.09. The fraction of sp³-hybridized carbons (Fsp3) is 0.760. The summed E-state index contributed by atoms with van der Waals surface area (Å²) >= 11 is 0. The number of fused-ring (bicyclic) bond motifs is 1. The van der Waals surface area contributed by atoms with Crippen LogP contribution in [0, 0.1) is 0 Å². The number of hydrogen-bond donors (Lipinski definition) is 2. The standard InChI is InChI=1S/C25H44N4/c1-2-3-4-5-6-7-8-9-10-11-12-13-14-15-16-17-21-26-22-23-19-18-20-24-25(23)28-29-27-24/h18-20,26H,2-17,21-22H2,1H3,(H,27,28,29). The summed E-state index contributed by atoms with van der Waals surface area (Å²) in [7, 11) is 0. The Kier molecular flexibility index (Phi) is 13.5. The minimum atomic E-state index is 0.878. The summed E-state index contributed by atoms with van der Waals surface area (Å²) < 4.78 is 0. The molecule has 1 aromatic heterocycles. The summed E-state index contributed by atoms with van der Waals surface area (Å²) in [6.07, 6.45) is 22.7. The molecule has 0 fully saturated rings. The maximum absolute atomic E-state index is 4.17. The van der Waals surface area contributed by atoms with Crippen LogP contribution in [0.15, 0.2) is 18.2 Å². The molecule has 0 amide bonds. The molecule has 0 aliphatic rings. The number of nitrogens with zero attached hydrogens (tertiary/aromatic N) is 2. The molecule has 0 unspecified atom stereocenters. The molecule has 1 aromatic carbocycles. The highest BCUT2D eigenvalue weighted by Gasteiger charge is 2.03. The molecule has 29 heavy (non-hydrogen) atoms. The van der Waals surface area contributed by atoms with E-state index in [9.17, 15) is 0 Å². The van der Waals surface area contributed by atoms with Crippen LogP contribution >= 0.6 is 0 Å². The molecule has 4 nitrogen and oxygen atoms in total. The van der Waals surface area contributed by atoms with Gasteiger partial charge in [-0.15, -0.1) is 5.10 Å². The lowest BCUT2D eigenvalue weighted by Crippen LogP contribution is -2.14. The summed E-state index contributed by atoms with van der Waals surface area (Å²) in [5.74, 6) is 0. The summed E-state index contributed by atoms with van der Waals surface area (Å²) in [6.45, 7) is 4.26. The van der Waals surface area contributed by atoms with Gasteiger partial charge in [-0.2, -0.15) is 0 Å². The van der Waals surface area contributed by atoms with E-state index in [0.29, 0.717) is 0 Å². The van der Waals surface area contributed by atoms with Crippen molar-refractivity contribution in [1.82, 2.24) is 20.7 Å². The van der Waals surface area contributed by atoms with Gasteiger partial charge in [0.2, 0.25) is 0 Å². The molecule has 2 aromatic rings. The van der Waals surface area contributed by atoms with E-state index in [1.807, 2.05) is 6.07 Å². The number of aromatic amines is 1. The van der Waals surface area contributed by atoms with Crippen LogP contribution < -0.4 is 5.32 Å². The van der Waals surface area contributed by atoms with Crippen molar-refractivity contribution in [2.24, 2.45) is 0 Å². The zero-order valence-corrected chi connectivity index (χ0v) is 18.9. The van der Waals surface area contributed by atoms with Crippen molar-refractivity contribution in [2.45, 2.75) is 116 Å².